The van der Waals surface area contributed by atoms with Crippen molar-refractivity contribution in [1.29, 1.82) is 0 Å². The van der Waals surface area contributed by atoms with Crippen LogP contribution in [0.15, 0.2) is 48.8 Å². The van der Waals surface area contributed by atoms with Crippen molar-refractivity contribution in [2.45, 2.75) is 25.5 Å². The molecule has 2 aromatic rings. The van der Waals surface area contributed by atoms with E-state index in [0.29, 0.717) is 31.3 Å². The third kappa shape index (κ3) is 3.80. The molecule has 0 bridgehead atoms. The molecule has 0 N–H and O–H groups in total. The standard InChI is InChI=1S/C18H20N2O3/c21-13-16-6-9-20(12-16)17-7-10-19(11-8-17)18(22)23-14-15-4-2-1-3-5-15/h1-6,9,12-13,17H,7-8,10-11,14H2. The summed E-state index contributed by atoms with van der Waals surface area (Å²) in [6.07, 6.45) is 6.13. The minimum absolute atomic E-state index is 0.256. The Balaban J connectivity index is 1.48. The van der Waals surface area contributed by atoms with Gasteiger partial charge < -0.3 is 14.2 Å². The van der Waals surface area contributed by atoms with Crippen LogP contribution in [0, 0.1) is 0 Å². The molecule has 0 spiro atoms. The number of aromatic nitrogens is 1. The molecule has 120 valence electrons. The lowest BCUT2D eigenvalue weighted by Crippen LogP contribution is -2.39. The first kappa shape index (κ1) is 15.3. The van der Waals surface area contributed by atoms with Gasteiger partial charge in [-0.05, 0) is 24.5 Å². The molecule has 5 nitrogen and oxygen atoms in total. The van der Waals surface area contributed by atoms with Crippen LogP contribution in [-0.4, -0.2) is 34.9 Å². The molecule has 1 aromatic carbocycles. The fourth-order valence-corrected chi connectivity index (χ4v) is 2.88. The number of nitrogens with zero attached hydrogens (tertiary/aromatic N) is 2. The minimum Gasteiger partial charge on any atom is -0.445 e. The van der Waals surface area contributed by atoms with Crippen molar-refractivity contribution >= 4 is 12.4 Å². The predicted molar refractivity (Wildman–Crippen MR) is 86.3 cm³/mol. The molecule has 0 atom stereocenters. The summed E-state index contributed by atoms with van der Waals surface area (Å²) in [5, 5.41) is 0. The zero-order chi connectivity index (χ0) is 16.1. The number of ether oxygens (including phenoxy) is 1. The van der Waals surface area contributed by atoms with E-state index in [1.807, 2.05) is 48.8 Å². The lowest BCUT2D eigenvalue weighted by atomic mass is 10.1. The van der Waals surface area contributed by atoms with E-state index in [9.17, 15) is 9.59 Å². The Bertz CT molecular complexity index is 658. The lowest BCUT2D eigenvalue weighted by Gasteiger charge is -2.32. The number of aldehydes is 1. The highest BCUT2D eigenvalue weighted by Crippen LogP contribution is 2.23. The second-order valence-corrected chi connectivity index (χ2v) is 5.77. The number of amides is 1. The second kappa shape index (κ2) is 7.13. The zero-order valence-electron chi connectivity index (χ0n) is 12.9. The van der Waals surface area contributed by atoms with Gasteiger partial charge in [0.15, 0.2) is 6.29 Å². The lowest BCUT2D eigenvalue weighted by molar-refractivity contribution is 0.0831. The Kier molecular flexibility index (Phi) is 4.76. The van der Waals surface area contributed by atoms with Crippen molar-refractivity contribution in [3.05, 3.63) is 59.9 Å². The number of carbonyl (C=O) groups is 2. The summed E-state index contributed by atoms with van der Waals surface area (Å²) in [5.41, 5.74) is 1.68. The average Bonchev–Trinajstić information content (AvgIpc) is 3.10. The van der Waals surface area contributed by atoms with Crippen LogP contribution in [0.4, 0.5) is 4.79 Å². The van der Waals surface area contributed by atoms with Gasteiger partial charge >= 0.3 is 6.09 Å². The highest BCUT2D eigenvalue weighted by molar-refractivity contribution is 5.74. The van der Waals surface area contributed by atoms with Crippen LogP contribution in [0.25, 0.3) is 0 Å². The van der Waals surface area contributed by atoms with Gasteiger partial charge in [-0.2, -0.15) is 0 Å². The van der Waals surface area contributed by atoms with Crippen LogP contribution in [0.3, 0.4) is 0 Å². The maximum absolute atomic E-state index is 12.1. The van der Waals surface area contributed by atoms with Crippen LogP contribution in [0.5, 0.6) is 0 Å². The van der Waals surface area contributed by atoms with Gasteiger partial charge in [-0.15, -0.1) is 0 Å². The maximum Gasteiger partial charge on any atom is 0.410 e. The van der Waals surface area contributed by atoms with E-state index >= 15 is 0 Å². The van der Waals surface area contributed by atoms with Crippen molar-refractivity contribution in [3.8, 4) is 0 Å². The second-order valence-electron chi connectivity index (χ2n) is 5.77. The van der Waals surface area contributed by atoms with E-state index < -0.39 is 0 Å². The Labute approximate surface area is 135 Å². The van der Waals surface area contributed by atoms with Gasteiger partial charge in [0.2, 0.25) is 0 Å². The quantitative estimate of drug-likeness (QED) is 0.814. The molecule has 3 rings (SSSR count). The highest BCUT2D eigenvalue weighted by atomic mass is 16.6. The summed E-state index contributed by atoms with van der Waals surface area (Å²) in [6.45, 7) is 1.65. The van der Waals surface area contributed by atoms with E-state index in [0.717, 1.165) is 24.7 Å². The van der Waals surface area contributed by atoms with Gasteiger partial charge in [0.05, 0.1) is 0 Å². The van der Waals surface area contributed by atoms with Crippen molar-refractivity contribution in [3.63, 3.8) is 0 Å². The first-order valence-electron chi connectivity index (χ1n) is 7.84. The van der Waals surface area contributed by atoms with Gasteiger partial charge in [-0.25, -0.2) is 4.79 Å². The molecule has 1 aromatic heterocycles. The molecular weight excluding hydrogens is 292 g/mol. The van der Waals surface area contributed by atoms with E-state index in [4.69, 9.17) is 4.74 Å². The molecule has 0 saturated carbocycles. The zero-order valence-corrected chi connectivity index (χ0v) is 12.9. The summed E-state index contributed by atoms with van der Waals surface area (Å²) in [7, 11) is 0. The van der Waals surface area contributed by atoms with Gasteiger partial charge in [-0.3, -0.25) is 4.79 Å². The van der Waals surface area contributed by atoms with E-state index in [1.54, 1.807) is 4.90 Å². The molecule has 0 unspecified atom stereocenters. The molecule has 1 aliphatic rings. The number of benzene rings is 1. The highest BCUT2D eigenvalue weighted by Gasteiger charge is 2.24. The van der Waals surface area contributed by atoms with Crippen molar-refractivity contribution in [2.24, 2.45) is 0 Å². The van der Waals surface area contributed by atoms with Crippen LogP contribution in [0.1, 0.15) is 34.8 Å². The number of piperidine rings is 1. The topological polar surface area (TPSA) is 51.5 Å². The monoisotopic (exact) mass is 312 g/mol. The van der Waals surface area contributed by atoms with E-state index in [-0.39, 0.29) is 6.09 Å². The molecule has 1 amide bonds. The summed E-state index contributed by atoms with van der Waals surface area (Å²) in [6, 6.07) is 11.8. The molecule has 2 heterocycles. The SMILES string of the molecule is O=Cc1ccn(C2CCN(C(=O)OCc3ccccc3)CC2)c1. The predicted octanol–water partition coefficient (Wildman–Crippen LogP) is 3.27. The van der Waals surface area contributed by atoms with Gasteiger partial charge in [0.1, 0.15) is 6.61 Å². The van der Waals surface area contributed by atoms with Crippen LogP contribution in [0.2, 0.25) is 0 Å². The van der Waals surface area contributed by atoms with Gasteiger partial charge in [0.25, 0.3) is 0 Å². The Morgan fingerprint density at radius 1 is 1.17 bits per heavy atom. The van der Waals surface area contributed by atoms with Crippen LogP contribution < -0.4 is 0 Å². The smallest absolute Gasteiger partial charge is 0.410 e. The van der Waals surface area contributed by atoms with Gasteiger partial charge in [-0.1, -0.05) is 30.3 Å². The fraction of sp³-hybridized carbons (Fsp3) is 0.333. The maximum atomic E-state index is 12.1. The first-order chi connectivity index (χ1) is 11.3. The summed E-state index contributed by atoms with van der Waals surface area (Å²) in [4.78, 5) is 24.6. The fourth-order valence-electron chi connectivity index (χ4n) is 2.88. The molecule has 5 heteroatoms. The number of hydrogen-bond donors (Lipinski definition) is 0. The molecular formula is C18H20N2O3. The number of likely N-dealkylation sites (tertiary alicyclic amines) is 1. The normalized spacial score (nSPS) is 15.4. The molecule has 0 radical (unpaired) electrons. The first-order valence-corrected chi connectivity index (χ1v) is 7.84. The summed E-state index contributed by atoms with van der Waals surface area (Å²) in [5.74, 6) is 0. The van der Waals surface area contributed by atoms with Crippen molar-refractivity contribution < 1.29 is 14.3 Å². The number of rotatable bonds is 4. The average molecular weight is 312 g/mol. The molecule has 0 aliphatic carbocycles. The molecule has 1 saturated heterocycles. The Morgan fingerprint density at radius 3 is 2.57 bits per heavy atom. The third-order valence-electron chi connectivity index (χ3n) is 4.22. The van der Waals surface area contributed by atoms with E-state index in [1.165, 1.54) is 0 Å². The Hall–Kier alpha value is -2.56. The van der Waals surface area contributed by atoms with Gasteiger partial charge in [0, 0.05) is 37.1 Å². The van der Waals surface area contributed by atoms with Crippen molar-refractivity contribution in [1.82, 2.24) is 9.47 Å². The molecule has 23 heavy (non-hydrogen) atoms. The summed E-state index contributed by atoms with van der Waals surface area (Å²) >= 11 is 0. The third-order valence-corrected chi connectivity index (χ3v) is 4.22. The number of carbonyl (C=O) groups excluding carboxylic acids is 2. The largest absolute Gasteiger partial charge is 0.445 e. The van der Waals surface area contributed by atoms with E-state index in [2.05, 4.69) is 4.57 Å². The summed E-state index contributed by atoms with van der Waals surface area (Å²) < 4.78 is 7.43. The van der Waals surface area contributed by atoms with Crippen LogP contribution >= 0.6 is 0 Å². The minimum atomic E-state index is -0.256. The Morgan fingerprint density at radius 2 is 1.91 bits per heavy atom. The van der Waals surface area contributed by atoms with Crippen molar-refractivity contribution in [2.75, 3.05) is 13.1 Å². The van der Waals surface area contributed by atoms with Crippen LogP contribution in [-0.2, 0) is 11.3 Å². The molecule has 1 aliphatic heterocycles. The number of hydrogen-bond acceptors (Lipinski definition) is 3. The molecule has 1 fully saturated rings.